The molecule has 0 aliphatic rings. The number of aromatic nitrogens is 2. The molecular formula is C23H25N3O3. The number of hydrogen-bond donors (Lipinski definition) is 2. The summed E-state index contributed by atoms with van der Waals surface area (Å²) in [6, 6.07) is 18.1. The molecule has 29 heavy (non-hydrogen) atoms. The molecule has 0 radical (unpaired) electrons. The number of nitrogens with one attached hydrogen (secondary N) is 1. The number of rotatable bonds is 10. The Morgan fingerprint density at radius 2 is 1.59 bits per heavy atom. The van der Waals surface area contributed by atoms with Crippen LogP contribution in [0.25, 0.3) is 0 Å². The van der Waals surface area contributed by atoms with Crippen molar-refractivity contribution in [1.29, 1.82) is 0 Å². The highest BCUT2D eigenvalue weighted by Crippen LogP contribution is 2.11. The molecule has 2 N–H and O–H groups in total. The van der Waals surface area contributed by atoms with E-state index in [1.807, 2.05) is 65.2 Å². The summed E-state index contributed by atoms with van der Waals surface area (Å²) in [5.41, 5.74) is 2.89. The van der Waals surface area contributed by atoms with Gasteiger partial charge in [0, 0.05) is 24.9 Å². The lowest BCUT2D eigenvalue weighted by Crippen LogP contribution is -2.48. The predicted octanol–water partition coefficient (Wildman–Crippen LogP) is 2.72. The fraction of sp³-hybridized carbons (Fsp3) is 0.261. The number of hydrogen-bond acceptors (Lipinski definition) is 4. The van der Waals surface area contributed by atoms with Crippen molar-refractivity contribution in [2.24, 2.45) is 0 Å². The van der Waals surface area contributed by atoms with Gasteiger partial charge < -0.3 is 9.67 Å². The summed E-state index contributed by atoms with van der Waals surface area (Å²) < 4.78 is 1.94. The van der Waals surface area contributed by atoms with Gasteiger partial charge in [-0.25, -0.2) is 4.98 Å². The maximum atomic E-state index is 12.1. The summed E-state index contributed by atoms with van der Waals surface area (Å²) in [5.74, 6) is -1.07. The van der Waals surface area contributed by atoms with Gasteiger partial charge >= 0.3 is 5.97 Å². The van der Waals surface area contributed by atoms with E-state index < -0.39 is 18.1 Å². The molecule has 1 heterocycles. The molecule has 2 atom stereocenters. The van der Waals surface area contributed by atoms with Crippen LogP contribution in [0.4, 0.5) is 0 Å². The third kappa shape index (κ3) is 5.86. The van der Waals surface area contributed by atoms with Crippen LogP contribution in [0.5, 0.6) is 0 Å². The van der Waals surface area contributed by atoms with Gasteiger partial charge in [-0.1, -0.05) is 60.7 Å². The fourth-order valence-corrected chi connectivity index (χ4v) is 3.28. The number of aliphatic carboxylic acids is 1. The maximum absolute atomic E-state index is 12.1. The minimum atomic E-state index is -0.989. The van der Waals surface area contributed by atoms with Gasteiger partial charge in [-0.15, -0.1) is 0 Å². The first kappa shape index (κ1) is 20.5. The molecule has 6 nitrogen and oxygen atoms in total. The van der Waals surface area contributed by atoms with Crippen molar-refractivity contribution in [2.45, 2.75) is 38.4 Å². The SMILES string of the molecule is CC(=O)C(Cc1ccccc1)N[C@@H](Cc1cncn1Cc1ccccc1)C(=O)O. The van der Waals surface area contributed by atoms with Crippen LogP contribution < -0.4 is 5.32 Å². The van der Waals surface area contributed by atoms with Crippen LogP contribution in [0.15, 0.2) is 73.2 Å². The van der Waals surface area contributed by atoms with E-state index in [-0.39, 0.29) is 12.2 Å². The maximum Gasteiger partial charge on any atom is 0.321 e. The summed E-state index contributed by atoms with van der Waals surface area (Å²) >= 11 is 0. The summed E-state index contributed by atoms with van der Waals surface area (Å²) in [4.78, 5) is 28.2. The monoisotopic (exact) mass is 391 g/mol. The van der Waals surface area contributed by atoms with E-state index in [9.17, 15) is 14.7 Å². The summed E-state index contributed by atoms with van der Waals surface area (Å²) in [5, 5.41) is 12.8. The highest BCUT2D eigenvalue weighted by molar-refractivity contribution is 5.83. The third-order valence-corrected chi connectivity index (χ3v) is 4.88. The molecule has 0 bridgehead atoms. The number of benzene rings is 2. The van der Waals surface area contributed by atoms with Crippen LogP contribution in [0, 0.1) is 0 Å². The van der Waals surface area contributed by atoms with Gasteiger partial charge in [-0.3, -0.25) is 14.9 Å². The van der Waals surface area contributed by atoms with E-state index in [2.05, 4.69) is 10.3 Å². The van der Waals surface area contributed by atoms with E-state index in [4.69, 9.17) is 0 Å². The molecule has 0 saturated heterocycles. The van der Waals surface area contributed by atoms with Crippen LogP contribution >= 0.6 is 0 Å². The number of Topliss-reactive ketones (excluding diaryl/α,β-unsaturated/α-hetero) is 1. The topological polar surface area (TPSA) is 84.2 Å². The normalized spacial score (nSPS) is 13.0. The molecule has 0 aliphatic heterocycles. The molecule has 3 rings (SSSR count). The number of imidazole rings is 1. The zero-order valence-electron chi connectivity index (χ0n) is 16.4. The van der Waals surface area contributed by atoms with Crippen molar-refractivity contribution >= 4 is 11.8 Å². The lowest BCUT2D eigenvalue weighted by molar-refractivity contribution is -0.139. The van der Waals surface area contributed by atoms with Crippen molar-refractivity contribution in [3.8, 4) is 0 Å². The average molecular weight is 391 g/mol. The molecule has 0 aliphatic carbocycles. The highest BCUT2D eigenvalue weighted by Gasteiger charge is 2.25. The Morgan fingerprint density at radius 1 is 0.966 bits per heavy atom. The van der Waals surface area contributed by atoms with E-state index in [0.717, 1.165) is 16.8 Å². The second-order valence-corrected chi connectivity index (χ2v) is 7.11. The van der Waals surface area contributed by atoms with Crippen molar-refractivity contribution in [3.05, 3.63) is 90.0 Å². The zero-order valence-corrected chi connectivity index (χ0v) is 16.4. The Hall–Kier alpha value is -3.25. The lowest BCUT2D eigenvalue weighted by Gasteiger charge is -2.22. The van der Waals surface area contributed by atoms with Crippen LogP contribution in [-0.4, -0.2) is 38.5 Å². The fourth-order valence-electron chi connectivity index (χ4n) is 3.28. The van der Waals surface area contributed by atoms with E-state index in [1.165, 1.54) is 6.92 Å². The number of ketones is 1. The van der Waals surface area contributed by atoms with Crippen LogP contribution in [0.1, 0.15) is 23.7 Å². The number of carbonyl (C=O) groups excluding carboxylic acids is 1. The molecule has 1 unspecified atom stereocenters. The van der Waals surface area contributed by atoms with E-state index in [0.29, 0.717) is 13.0 Å². The van der Waals surface area contributed by atoms with Crippen LogP contribution in [0.3, 0.4) is 0 Å². The van der Waals surface area contributed by atoms with Gasteiger partial charge in [-0.05, 0) is 24.5 Å². The van der Waals surface area contributed by atoms with Crippen molar-refractivity contribution in [3.63, 3.8) is 0 Å². The largest absolute Gasteiger partial charge is 0.480 e. The van der Waals surface area contributed by atoms with Gasteiger partial charge in [0.1, 0.15) is 11.8 Å². The van der Waals surface area contributed by atoms with Crippen molar-refractivity contribution in [2.75, 3.05) is 0 Å². The second kappa shape index (κ2) is 9.80. The minimum absolute atomic E-state index is 0.0853. The first-order valence-corrected chi connectivity index (χ1v) is 9.59. The highest BCUT2D eigenvalue weighted by atomic mass is 16.4. The van der Waals surface area contributed by atoms with E-state index >= 15 is 0 Å². The number of nitrogens with zero attached hydrogens (tertiary/aromatic N) is 2. The van der Waals surface area contributed by atoms with Gasteiger partial charge in [-0.2, -0.15) is 0 Å². The van der Waals surface area contributed by atoms with Gasteiger partial charge in [0.2, 0.25) is 0 Å². The third-order valence-electron chi connectivity index (χ3n) is 4.88. The van der Waals surface area contributed by atoms with Crippen molar-refractivity contribution in [1.82, 2.24) is 14.9 Å². The first-order valence-electron chi connectivity index (χ1n) is 9.59. The zero-order chi connectivity index (χ0) is 20.6. The number of carboxylic acids is 1. The molecule has 3 aromatic rings. The van der Waals surface area contributed by atoms with Gasteiger partial charge in [0.15, 0.2) is 0 Å². The first-order chi connectivity index (χ1) is 14.0. The Morgan fingerprint density at radius 3 is 2.17 bits per heavy atom. The van der Waals surface area contributed by atoms with Gasteiger partial charge in [0.25, 0.3) is 0 Å². The molecule has 0 amide bonds. The quantitative estimate of drug-likeness (QED) is 0.555. The number of carboxylic acid groups (broad SMARTS) is 1. The summed E-state index contributed by atoms with van der Waals surface area (Å²) in [6.45, 7) is 2.10. The lowest BCUT2D eigenvalue weighted by atomic mass is 10.0. The standard InChI is InChI=1S/C23H25N3O3/c1-17(27)21(12-18-8-4-2-5-9-18)25-22(23(28)29)13-20-14-24-16-26(20)15-19-10-6-3-7-11-19/h2-11,14,16,21-22,25H,12-13,15H2,1H3,(H,28,29)/t21?,22-/m0/s1. The second-order valence-electron chi connectivity index (χ2n) is 7.11. The molecule has 1 aromatic heterocycles. The molecular weight excluding hydrogens is 366 g/mol. The van der Waals surface area contributed by atoms with Crippen LogP contribution in [-0.2, 0) is 29.0 Å². The minimum Gasteiger partial charge on any atom is -0.480 e. The molecule has 0 spiro atoms. The molecule has 6 heteroatoms. The van der Waals surface area contributed by atoms with Gasteiger partial charge in [0.05, 0.1) is 12.4 Å². The Labute approximate surface area is 170 Å². The summed E-state index contributed by atoms with van der Waals surface area (Å²) in [6.07, 6.45) is 4.07. The molecule has 2 aromatic carbocycles. The summed E-state index contributed by atoms with van der Waals surface area (Å²) in [7, 11) is 0. The molecule has 0 fully saturated rings. The molecule has 0 saturated carbocycles. The Kier molecular flexibility index (Phi) is 6.92. The predicted molar refractivity (Wildman–Crippen MR) is 111 cm³/mol. The van der Waals surface area contributed by atoms with Crippen molar-refractivity contribution < 1.29 is 14.7 Å². The Bertz CT molecular complexity index is 938. The average Bonchev–Trinajstić information content (AvgIpc) is 3.14. The van der Waals surface area contributed by atoms with Crippen LogP contribution in [0.2, 0.25) is 0 Å². The number of carbonyl (C=O) groups is 2. The smallest absolute Gasteiger partial charge is 0.321 e. The molecule has 150 valence electrons. The Balaban J connectivity index is 1.72. The van der Waals surface area contributed by atoms with E-state index in [1.54, 1.807) is 12.5 Å².